The molecule has 2 aromatic rings. The molecule has 0 saturated carbocycles. The molecule has 2 N–H and O–H groups in total. The van der Waals surface area contributed by atoms with Gasteiger partial charge in [-0.1, -0.05) is 0 Å². The Morgan fingerprint density at radius 3 is 3.00 bits per heavy atom. The highest BCUT2D eigenvalue weighted by atomic mass is 16.2. The van der Waals surface area contributed by atoms with Gasteiger partial charge in [0, 0.05) is 25.0 Å². The third kappa shape index (κ3) is 1.63. The van der Waals surface area contributed by atoms with Gasteiger partial charge < -0.3 is 10.6 Å². The zero-order valence-corrected chi connectivity index (χ0v) is 9.21. The van der Waals surface area contributed by atoms with Crippen molar-refractivity contribution in [1.29, 1.82) is 0 Å². The van der Waals surface area contributed by atoms with Gasteiger partial charge in [0.1, 0.15) is 6.04 Å². The number of nitrogens with one attached hydrogen (secondary N) is 2. The molecule has 0 aromatic carbocycles. The highest BCUT2D eigenvalue weighted by Crippen LogP contribution is 2.30. The molecule has 1 aliphatic heterocycles. The van der Waals surface area contributed by atoms with E-state index in [0.29, 0.717) is 5.69 Å². The van der Waals surface area contributed by atoms with Gasteiger partial charge in [-0.2, -0.15) is 5.10 Å². The lowest BCUT2D eigenvalue weighted by Crippen LogP contribution is -2.31. The smallest absolute Gasteiger partial charge is 0.251 e. The van der Waals surface area contributed by atoms with Crippen molar-refractivity contribution in [3.05, 3.63) is 36.4 Å². The molecular weight excluding hydrogens is 218 g/mol. The fourth-order valence-corrected chi connectivity index (χ4v) is 1.87. The third-order valence-electron chi connectivity index (χ3n) is 2.70. The molecule has 6 nitrogen and oxygen atoms in total. The fraction of sp³-hybridized carbons (Fsp3) is 0.182. The van der Waals surface area contributed by atoms with Crippen LogP contribution in [-0.4, -0.2) is 20.7 Å². The standard InChI is InChI=1S/C11H11N5O/c1-16-6-7(4-13-16)10-11(17)15-9-5-12-3-2-8(9)14-10/h2-6,10,14H,1H3,(H,15,17). The van der Waals surface area contributed by atoms with Crippen LogP contribution < -0.4 is 10.6 Å². The lowest BCUT2D eigenvalue weighted by molar-refractivity contribution is -0.117. The fourth-order valence-electron chi connectivity index (χ4n) is 1.87. The maximum atomic E-state index is 11.9. The lowest BCUT2D eigenvalue weighted by atomic mass is 10.1. The number of nitrogens with zero attached hydrogens (tertiary/aromatic N) is 3. The van der Waals surface area contributed by atoms with Gasteiger partial charge in [0.25, 0.3) is 5.91 Å². The van der Waals surface area contributed by atoms with Crippen molar-refractivity contribution in [2.24, 2.45) is 7.05 Å². The number of rotatable bonds is 1. The molecular formula is C11H11N5O. The summed E-state index contributed by atoms with van der Waals surface area (Å²) in [6, 6.07) is 1.43. The summed E-state index contributed by atoms with van der Waals surface area (Å²) in [5.74, 6) is -0.0986. The van der Waals surface area contributed by atoms with Gasteiger partial charge in [0.2, 0.25) is 0 Å². The zero-order chi connectivity index (χ0) is 11.8. The van der Waals surface area contributed by atoms with E-state index in [0.717, 1.165) is 11.3 Å². The zero-order valence-electron chi connectivity index (χ0n) is 9.21. The first-order valence-corrected chi connectivity index (χ1v) is 5.24. The number of hydrogen-bond acceptors (Lipinski definition) is 4. The minimum Gasteiger partial charge on any atom is -0.368 e. The molecule has 0 fully saturated rings. The van der Waals surface area contributed by atoms with Crippen LogP contribution in [0.5, 0.6) is 0 Å². The first-order chi connectivity index (χ1) is 8.24. The Morgan fingerprint density at radius 1 is 1.35 bits per heavy atom. The number of aromatic nitrogens is 3. The molecule has 1 unspecified atom stereocenters. The normalized spacial score (nSPS) is 18.2. The van der Waals surface area contributed by atoms with Gasteiger partial charge in [-0.25, -0.2) is 0 Å². The molecule has 0 bridgehead atoms. The summed E-state index contributed by atoms with van der Waals surface area (Å²) < 4.78 is 1.67. The van der Waals surface area contributed by atoms with Crippen molar-refractivity contribution in [3.8, 4) is 0 Å². The van der Waals surface area contributed by atoms with Crippen molar-refractivity contribution in [2.75, 3.05) is 10.6 Å². The first kappa shape index (κ1) is 9.83. The van der Waals surface area contributed by atoms with Crippen LogP contribution in [0, 0.1) is 0 Å². The van der Waals surface area contributed by atoms with Crippen LogP contribution in [0.15, 0.2) is 30.9 Å². The van der Waals surface area contributed by atoms with Crippen LogP contribution in [0.25, 0.3) is 0 Å². The number of aryl methyl sites for hydroxylation is 1. The molecule has 0 spiro atoms. The number of anilines is 2. The van der Waals surface area contributed by atoms with Gasteiger partial charge >= 0.3 is 0 Å². The Morgan fingerprint density at radius 2 is 2.24 bits per heavy atom. The maximum Gasteiger partial charge on any atom is 0.251 e. The summed E-state index contributed by atoms with van der Waals surface area (Å²) in [7, 11) is 1.82. The molecule has 3 heterocycles. The Kier molecular flexibility index (Phi) is 2.07. The van der Waals surface area contributed by atoms with E-state index in [1.165, 1.54) is 0 Å². The van der Waals surface area contributed by atoms with E-state index in [2.05, 4.69) is 20.7 Å². The van der Waals surface area contributed by atoms with Crippen molar-refractivity contribution in [2.45, 2.75) is 6.04 Å². The number of hydrogen-bond donors (Lipinski definition) is 2. The van der Waals surface area contributed by atoms with E-state index in [1.54, 1.807) is 23.3 Å². The summed E-state index contributed by atoms with van der Waals surface area (Å²) >= 11 is 0. The van der Waals surface area contributed by atoms with Gasteiger partial charge in [0.05, 0.1) is 23.8 Å². The van der Waals surface area contributed by atoms with Crippen LogP contribution >= 0.6 is 0 Å². The van der Waals surface area contributed by atoms with Gasteiger partial charge in [-0.05, 0) is 6.07 Å². The number of fused-ring (bicyclic) bond motifs is 1. The second-order valence-electron chi connectivity index (χ2n) is 3.94. The average Bonchev–Trinajstić information content (AvgIpc) is 2.75. The molecule has 2 aromatic heterocycles. The second kappa shape index (κ2) is 3.58. The monoisotopic (exact) mass is 229 g/mol. The van der Waals surface area contributed by atoms with Crippen molar-refractivity contribution in [3.63, 3.8) is 0 Å². The summed E-state index contributed by atoms with van der Waals surface area (Å²) in [5, 5.41) is 10.1. The van der Waals surface area contributed by atoms with E-state index in [-0.39, 0.29) is 5.91 Å². The highest BCUT2D eigenvalue weighted by Gasteiger charge is 2.27. The Bertz CT molecular complexity index is 577. The maximum absolute atomic E-state index is 11.9. The molecule has 6 heteroatoms. The van der Waals surface area contributed by atoms with E-state index < -0.39 is 6.04 Å². The van der Waals surface area contributed by atoms with Crippen LogP contribution in [0.4, 0.5) is 11.4 Å². The minimum absolute atomic E-state index is 0.0986. The molecule has 1 amide bonds. The largest absolute Gasteiger partial charge is 0.368 e. The van der Waals surface area contributed by atoms with Gasteiger partial charge in [-0.15, -0.1) is 0 Å². The van der Waals surface area contributed by atoms with Gasteiger partial charge in [0.15, 0.2) is 0 Å². The molecule has 1 aliphatic rings. The molecule has 17 heavy (non-hydrogen) atoms. The number of pyridine rings is 1. The van der Waals surface area contributed by atoms with E-state index in [1.807, 2.05) is 19.3 Å². The molecule has 3 rings (SSSR count). The van der Waals surface area contributed by atoms with E-state index in [9.17, 15) is 4.79 Å². The second-order valence-corrected chi connectivity index (χ2v) is 3.94. The Hall–Kier alpha value is -2.37. The lowest BCUT2D eigenvalue weighted by Gasteiger charge is -2.25. The summed E-state index contributed by atoms with van der Waals surface area (Å²) in [6.45, 7) is 0. The number of carbonyl (C=O) groups is 1. The van der Waals surface area contributed by atoms with Crippen LogP contribution in [0.1, 0.15) is 11.6 Å². The van der Waals surface area contributed by atoms with Crippen LogP contribution in [-0.2, 0) is 11.8 Å². The number of amides is 1. The predicted molar refractivity (Wildman–Crippen MR) is 62.4 cm³/mol. The number of carbonyl (C=O) groups excluding carboxylic acids is 1. The highest BCUT2D eigenvalue weighted by molar-refractivity contribution is 6.03. The van der Waals surface area contributed by atoms with Crippen molar-refractivity contribution >= 4 is 17.3 Å². The average molecular weight is 229 g/mol. The molecule has 1 atom stereocenters. The first-order valence-electron chi connectivity index (χ1n) is 5.24. The van der Waals surface area contributed by atoms with Gasteiger partial charge in [-0.3, -0.25) is 14.5 Å². The summed E-state index contributed by atoms with van der Waals surface area (Å²) in [4.78, 5) is 15.9. The Labute approximate surface area is 97.7 Å². The molecule has 0 radical (unpaired) electrons. The SMILES string of the molecule is Cn1cc(C2Nc3ccncc3NC2=O)cn1. The molecule has 0 saturated heterocycles. The Balaban J connectivity index is 1.97. The minimum atomic E-state index is -0.404. The summed E-state index contributed by atoms with van der Waals surface area (Å²) in [5.41, 5.74) is 2.42. The molecule has 86 valence electrons. The quantitative estimate of drug-likeness (QED) is 0.762. The van der Waals surface area contributed by atoms with E-state index in [4.69, 9.17) is 0 Å². The predicted octanol–water partition coefficient (Wildman–Crippen LogP) is 0.920. The topological polar surface area (TPSA) is 71.8 Å². The van der Waals surface area contributed by atoms with Crippen molar-refractivity contribution < 1.29 is 4.79 Å². The summed E-state index contributed by atoms with van der Waals surface area (Å²) in [6.07, 6.45) is 6.82. The third-order valence-corrected chi connectivity index (χ3v) is 2.70. The van der Waals surface area contributed by atoms with Crippen LogP contribution in [0.2, 0.25) is 0 Å². The van der Waals surface area contributed by atoms with Crippen LogP contribution in [0.3, 0.4) is 0 Å². The van der Waals surface area contributed by atoms with Crippen molar-refractivity contribution in [1.82, 2.24) is 14.8 Å². The molecule has 0 aliphatic carbocycles. The van der Waals surface area contributed by atoms with E-state index >= 15 is 0 Å².